The SMILES string of the molecule is CC(C)C(=O)c1c(C(F)(F)F)nc2cc(N3CCOCC3)c(N3CCOCC3)cc2[n+]1[O-]. The second-order valence-electron chi connectivity index (χ2n) is 8.15. The molecule has 0 aliphatic carbocycles. The van der Waals surface area contributed by atoms with Gasteiger partial charge in [-0.2, -0.15) is 17.9 Å². The maximum atomic E-state index is 13.8. The Morgan fingerprint density at radius 1 is 1.03 bits per heavy atom. The smallest absolute Gasteiger partial charge is 0.440 e. The van der Waals surface area contributed by atoms with Gasteiger partial charge < -0.3 is 24.5 Å². The van der Waals surface area contributed by atoms with Crippen molar-refractivity contribution in [1.29, 1.82) is 0 Å². The van der Waals surface area contributed by atoms with E-state index in [0.717, 1.165) is 0 Å². The van der Waals surface area contributed by atoms with Gasteiger partial charge in [0, 0.05) is 38.2 Å². The zero-order valence-electron chi connectivity index (χ0n) is 17.9. The number of aromatic nitrogens is 2. The van der Waals surface area contributed by atoms with Crippen molar-refractivity contribution in [2.45, 2.75) is 20.0 Å². The van der Waals surface area contributed by atoms with Gasteiger partial charge in [-0.25, -0.2) is 4.98 Å². The number of hydrogen-bond donors (Lipinski definition) is 0. The third kappa shape index (κ3) is 4.18. The van der Waals surface area contributed by atoms with Gasteiger partial charge in [-0.15, -0.1) is 0 Å². The monoisotopic (exact) mass is 454 g/mol. The summed E-state index contributed by atoms with van der Waals surface area (Å²) >= 11 is 0. The number of anilines is 2. The normalized spacial score (nSPS) is 17.9. The van der Waals surface area contributed by atoms with Crippen molar-refractivity contribution < 1.29 is 32.2 Å². The number of Topliss-reactive ketones (excluding diaryl/α,β-unsaturated/α-hetero) is 1. The lowest BCUT2D eigenvalue weighted by molar-refractivity contribution is -0.581. The van der Waals surface area contributed by atoms with Gasteiger partial charge in [0.2, 0.25) is 17.0 Å². The van der Waals surface area contributed by atoms with Crippen molar-refractivity contribution >= 4 is 28.2 Å². The molecule has 1 aromatic carbocycles. The van der Waals surface area contributed by atoms with Gasteiger partial charge in [0.1, 0.15) is 5.52 Å². The van der Waals surface area contributed by atoms with Gasteiger partial charge in [-0.05, 0) is 6.07 Å². The van der Waals surface area contributed by atoms with E-state index in [9.17, 15) is 23.2 Å². The van der Waals surface area contributed by atoms with E-state index in [1.165, 1.54) is 19.9 Å². The summed E-state index contributed by atoms with van der Waals surface area (Å²) in [5.74, 6) is -1.69. The summed E-state index contributed by atoms with van der Waals surface area (Å²) in [4.78, 5) is 20.4. The van der Waals surface area contributed by atoms with Crippen LogP contribution in [0.4, 0.5) is 24.5 Å². The lowest BCUT2D eigenvalue weighted by atomic mass is 10.0. The van der Waals surface area contributed by atoms with Crippen LogP contribution in [-0.4, -0.2) is 63.4 Å². The number of ether oxygens (including phenoxy) is 2. The molecule has 8 nitrogen and oxygen atoms in total. The summed E-state index contributed by atoms with van der Waals surface area (Å²) in [5, 5.41) is 13.1. The minimum atomic E-state index is -4.94. The average molecular weight is 454 g/mol. The number of morpholine rings is 2. The first kappa shape index (κ1) is 22.5. The van der Waals surface area contributed by atoms with E-state index >= 15 is 0 Å². The van der Waals surface area contributed by atoms with Gasteiger partial charge in [0.05, 0.1) is 37.8 Å². The molecule has 2 aliphatic heterocycles. The number of ketones is 1. The fourth-order valence-electron chi connectivity index (χ4n) is 4.00. The maximum absolute atomic E-state index is 13.8. The van der Waals surface area contributed by atoms with Gasteiger partial charge >= 0.3 is 6.18 Å². The molecule has 0 unspecified atom stereocenters. The number of carbonyl (C=O) groups excluding carboxylic acids is 1. The molecular formula is C21H25F3N4O4. The molecule has 11 heteroatoms. The lowest BCUT2D eigenvalue weighted by Crippen LogP contribution is -2.42. The molecule has 0 saturated carbocycles. The Bertz CT molecular complexity index is 1020. The zero-order valence-corrected chi connectivity index (χ0v) is 17.9. The number of hydrogen-bond acceptors (Lipinski definition) is 7. The number of benzene rings is 1. The zero-order chi connectivity index (χ0) is 23.0. The first-order valence-electron chi connectivity index (χ1n) is 10.6. The molecule has 1 aromatic heterocycles. The topological polar surface area (TPSA) is 81.8 Å². The Kier molecular flexibility index (Phi) is 6.13. The highest BCUT2D eigenvalue weighted by molar-refractivity contribution is 5.97. The average Bonchev–Trinajstić information content (AvgIpc) is 2.78. The standard InChI is InChI=1S/C21H25F3N4O4/c1-13(2)19(29)18-20(21(22,23)24)25-14-11-16(26-3-7-31-8-4-26)17(12-15(14)28(18)30)27-5-9-32-10-6-27/h11-13H,3-10H2,1-2H3. The first-order valence-corrected chi connectivity index (χ1v) is 10.6. The molecule has 2 aromatic rings. The van der Waals surface area contributed by atoms with Crippen LogP contribution in [0.5, 0.6) is 0 Å². The van der Waals surface area contributed by atoms with E-state index in [4.69, 9.17) is 9.47 Å². The molecular weight excluding hydrogens is 429 g/mol. The molecule has 0 spiro atoms. The number of rotatable bonds is 4. The van der Waals surface area contributed by atoms with Crippen molar-refractivity contribution in [1.82, 2.24) is 4.98 Å². The quantitative estimate of drug-likeness (QED) is 0.399. The van der Waals surface area contributed by atoms with Crippen LogP contribution in [0.1, 0.15) is 30.0 Å². The number of halogens is 3. The predicted octanol–water partition coefficient (Wildman–Crippen LogP) is 2.40. The largest absolute Gasteiger partial charge is 0.618 e. The highest BCUT2D eigenvalue weighted by atomic mass is 19.4. The molecule has 174 valence electrons. The van der Waals surface area contributed by atoms with Crippen LogP contribution in [0.3, 0.4) is 0 Å². The van der Waals surface area contributed by atoms with Gasteiger partial charge in [-0.1, -0.05) is 13.8 Å². The summed E-state index contributed by atoms with van der Waals surface area (Å²) in [5.41, 5.74) is -1.20. The summed E-state index contributed by atoms with van der Waals surface area (Å²) in [6, 6.07) is 3.06. The van der Waals surface area contributed by atoms with Crippen molar-refractivity contribution in [3.8, 4) is 0 Å². The van der Waals surface area contributed by atoms with Crippen LogP contribution in [0.2, 0.25) is 0 Å². The van der Waals surface area contributed by atoms with Crippen molar-refractivity contribution in [3.05, 3.63) is 28.7 Å². The third-order valence-electron chi connectivity index (χ3n) is 5.68. The van der Waals surface area contributed by atoms with Crippen LogP contribution in [0.25, 0.3) is 11.0 Å². The number of alkyl halides is 3. The van der Waals surface area contributed by atoms with E-state index in [1.807, 2.05) is 9.80 Å². The minimum absolute atomic E-state index is 0.0690. The van der Waals surface area contributed by atoms with E-state index in [-0.39, 0.29) is 15.8 Å². The summed E-state index contributed by atoms with van der Waals surface area (Å²) < 4.78 is 52.3. The molecule has 32 heavy (non-hydrogen) atoms. The molecule has 3 heterocycles. The Labute approximate surface area is 183 Å². The molecule has 0 N–H and O–H groups in total. The Morgan fingerprint density at radius 2 is 1.53 bits per heavy atom. The molecule has 4 rings (SSSR count). The van der Waals surface area contributed by atoms with Crippen molar-refractivity contribution in [3.63, 3.8) is 0 Å². The highest BCUT2D eigenvalue weighted by Crippen LogP contribution is 2.36. The third-order valence-corrected chi connectivity index (χ3v) is 5.68. The fraction of sp³-hybridized carbons (Fsp3) is 0.571. The molecule has 0 amide bonds. The molecule has 0 bridgehead atoms. The van der Waals surface area contributed by atoms with Crippen LogP contribution >= 0.6 is 0 Å². The van der Waals surface area contributed by atoms with E-state index in [2.05, 4.69) is 4.98 Å². The van der Waals surface area contributed by atoms with Gasteiger partial charge in [-0.3, -0.25) is 4.79 Å². The second kappa shape index (κ2) is 8.70. The summed E-state index contributed by atoms with van der Waals surface area (Å²) in [7, 11) is 0. The van der Waals surface area contributed by atoms with Gasteiger partial charge in [0.15, 0.2) is 0 Å². The number of fused-ring (bicyclic) bond motifs is 1. The Hall–Kier alpha value is -2.66. The fourth-order valence-corrected chi connectivity index (χ4v) is 4.00. The summed E-state index contributed by atoms with van der Waals surface area (Å²) in [6.07, 6.45) is -4.94. The predicted molar refractivity (Wildman–Crippen MR) is 111 cm³/mol. The van der Waals surface area contributed by atoms with Crippen molar-refractivity contribution in [2.75, 3.05) is 62.4 Å². The van der Waals surface area contributed by atoms with E-state index < -0.39 is 29.3 Å². The Morgan fingerprint density at radius 3 is 2.00 bits per heavy atom. The molecule has 0 atom stereocenters. The minimum Gasteiger partial charge on any atom is -0.618 e. The van der Waals surface area contributed by atoms with Crippen LogP contribution in [0, 0.1) is 11.1 Å². The molecule has 2 aliphatic rings. The second-order valence-corrected chi connectivity index (χ2v) is 8.15. The number of carbonyl (C=O) groups is 1. The van der Waals surface area contributed by atoms with Crippen LogP contribution in [-0.2, 0) is 15.7 Å². The molecule has 0 radical (unpaired) electrons. The highest BCUT2D eigenvalue weighted by Gasteiger charge is 2.44. The number of nitrogens with zero attached hydrogens (tertiary/aromatic N) is 4. The Balaban J connectivity index is 1.97. The maximum Gasteiger partial charge on any atom is 0.440 e. The first-order chi connectivity index (χ1) is 15.2. The van der Waals surface area contributed by atoms with Crippen LogP contribution in [0.15, 0.2) is 12.1 Å². The van der Waals surface area contributed by atoms with Crippen LogP contribution < -0.4 is 14.5 Å². The van der Waals surface area contributed by atoms with Gasteiger partial charge in [0.25, 0.3) is 5.69 Å². The van der Waals surface area contributed by atoms with E-state index in [1.54, 1.807) is 6.07 Å². The lowest BCUT2D eigenvalue weighted by Gasteiger charge is -2.36. The molecule has 2 fully saturated rings. The van der Waals surface area contributed by atoms with Crippen molar-refractivity contribution in [2.24, 2.45) is 5.92 Å². The summed E-state index contributed by atoms with van der Waals surface area (Å²) in [6.45, 7) is 7.17. The molecule has 2 saturated heterocycles. The van der Waals surface area contributed by atoms with E-state index in [0.29, 0.717) is 64.0 Å².